The molecule has 0 bridgehead atoms. The first kappa shape index (κ1) is 16.5. The number of rotatable bonds is 5. The van der Waals surface area contributed by atoms with Crippen molar-refractivity contribution in [2.24, 2.45) is 5.92 Å². The highest BCUT2D eigenvalue weighted by molar-refractivity contribution is 5.71. The molecule has 6 heteroatoms. The zero-order chi connectivity index (χ0) is 16.3. The fraction of sp³-hybridized carbons (Fsp3) is 0.562. The minimum Gasteiger partial charge on any atom is -0.497 e. The minimum absolute atomic E-state index is 0.0591. The van der Waals surface area contributed by atoms with E-state index in [0.717, 1.165) is 0 Å². The zero-order valence-electron chi connectivity index (χ0n) is 13.3. The first-order valence-corrected chi connectivity index (χ1v) is 7.21. The molecule has 3 atom stereocenters. The SMILES string of the molecule is COC(=O)CC1C(C)C(OC)CN1c1ccc(OC)cc1F. The molecule has 1 aliphatic rings. The van der Waals surface area contributed by atoms with Gasteiger partial charge in [-0.05, 0) is 12.1 Å². The third kappa shape index (κ3) is 3.16. The van der Waals surface area contributed by atoms with Gasteiger partial charge >= 0.3 is 5.97 Å². The number of methoxy groups -OCH3 is 3. The number of carbonyl (C=O) groups excluding carboxylic acids is 1. The van der Waals surface area contributed by atoms with Gasteiger partial charge in [0.2, 0.25) is 0 Å². The molecule has 0 saturated carbocycles. The highest BCUT2D eigenvalue weighted by Gasteiger charge is 2.41. The van der Waals surface area contributed by atoms with Gasteiger partial charge in [0.1, 0.15) is 11.6 Å². The molecule has 0 radical (unpaired) electrons. The second-order valence-corrected chi connectivity index (χ2v) is 5.45. The maximum atomic E-state index is 14.4. The second kappa shape index (κ2) is 6.96. The Kier molecular flexibility index (Phi) is 5.24. The molecular formula is C16H22FNO4. The van der Waals surface area contributed by atoms with Crippen molar-refractivity contribution < 1.29 is 23.4 Å². The van der Waals surface area contributed by atoms with Gasteiger partial charge in [0.15, 0.2) is 0 Å². The van der Waals surface area contributed by atoms with Crippen LogP contribution < -0.4 is 9.64 Å². The number of hydrogen-bond donors (Lipinski definition) is 0. The lowest BCUT2D eigenvalue weighted by Crippen LogP contribution is -2.35. The smallest absolute Gasteiger partial charge is 0.307 e. The van der Waals surface area contributed by atoms with Crippen molar-refractivity contribution in [2.45, 2.75) is 25.5 Å². The van der Waals surface area contributed by atoms with Crippen LogP contribution in [0.4, 0.5) is 10.1 Å². The molecule has 22 heavy (non-hydrogen) atoms. The van der Waals surface area contributed by atoms with Crippen LogP contribution in [0, 0.1) is 11.7 Å². The van der Waals surface area contributed by atoms with Gasteiger partial charge in [-0.25, -0.2) is 4.39 Å². The monoisotopic (exact) mass is 311 g/mol. The van der Waals surface area contributed by atoms with E-state index in [1.165, 1.54) is 20.3 Å². The summed E-state index contributed by atoms with van der Waals surface area (Å²) in [6.45, 7) is 2.53. The van der Waals surface area contributed by atoms with Crippen molar-refractivity contribution in [2.75, 3.05) is 32.8 Å². The number of anilines is 1. The number of hydrogen-bond acceptors (Lipinski definition) is 5. The second-order valence-electron chi connectivity index (χ2n) is 5.45. The van der Waals surface area contributed by atoms with Gasteiger partial charge in [0.25, 0.3) is 0 Å². The fourth-order valence-electron chi connectivity index (χ4n) is 2.99. The summed E-state index contributed by atoms with van der Waals surface area (Å²) < 4.78 is 29.6. The molecule has 1 aromatic carbocycles. The van der Waals surface area contributed by atoms with Crippen LogP contribution in [0.15, 0.2) is 18.2 Å². The Labute approximate surface area is 130 Å². The lowest BCUT2D eigenvalue weighted by molar-refractivity contribution is -0.141. The van der Waals surface area contributed by atoms with Crippen LogP contribution in [0.3, 0.4) is 0 Å². The highest BCUT2D eigenvalue weighted by atomic mass is 19.1. The maximum absolute atomic E-state index is 14.4. The van der Waals surface area contributed by atoms with E-state index in [9.17, 15) is 9.18 Å². The number of benzene rings is 1. The molecule has 0 amide bonds. The first-order chi connectivity index (χ1) is 10.5. The van der Waals surface area contributed by atoms with E-state index < -0.39 is 0 Å². The number of nitrogens with zero attached hydrogens (tertiary/aromatic N) is 1. The normalized spacial score (nSPS) is 24.4. The van der Waals surface area contributed by atoms with Gasteiger partial charge in [-0.2, -0.15) is 0 Å². The predicted octanol–water partition coefficient (Wildman–Crippen LogP) is 2.24. The molecule has 0 aliphatic carbocycles. The Balaban J connectivity index is 2.31. The van der Waals surface area contributed by atoms with Crippen LogP contribution in [0.1, 0.15) is 13.3 Å². The van der Waals surface area contributed by atoms with Crippen LogP contribution in [0.5, 0.6) is 5.75 Å². The van der Waals surface area contributed by atoms with Gasteiger partial charge in [-0.3, -0.25) is 4.79 Å². The van der Waals surface area contributed by atoms with E-state index in [1.807, 2.05) is 11.8 Å². The van der Waals surface area contributed by atoms with Gasteiger partial charge in [-0.1, -0.05) is 6.92 Å². The van der Waals surface area contributed by atoms with Crippen molar-refractivity contribution in [1.82, 2.24) is 0 Å². The summed E-state index contributed by atoms with van der Waals surface area (Å²) in [6, 6.07) is 4.55. The third-order valence-corrected chi connectivity index (χ3v) is 4.34. The average molecular weight is 311 g/mol. The van der Waals surface area contributed by atoms with Gasteiger partial charge in [0, 0.05) is 31.7 Å². The molecule has 1 aromatic rings. The van der Waals surface area contributed by atoms with Crippen LogP contribution in [0.2, 0.25) is 0 Å². The quantitative estimate of drug-likeness (QED) is 0.781. The Bertz CT molecular complexity index is 537. The lowest BCUT2D eigenvalue weighted by atomic mass is 9.97. The summed E-state index contributed by atoms with van der Waals surface area (Å²) in [5.41, 5.74) is 0.445. The molecule has 3 unspecified atom stereocenters. The van der Waals surface area contributed by atoms with Crippen molar-refractivity contribution in [1.29, 1.82) is 0 Å². The van der Waals surface area contributed by atoms with Crippen molar-refractivity contribution in [3.63, 3.8) is 0 Å². The standard InChI is InChI=1S/C16H22FNO4/c1-10-14(8-16(19)22-4)18(9-15(10)21-3)13-6-5-11(20-2)7-12(13)17/h5-7,10,14-15H,8-9H2,1-4H3. The number of carbonyl (C=O) groups is 1. The zero-order valence-corrected chi connectivity index (χ0v) is 13.3. The summed E-state index contributed by atoms with van der Waals surface area (Å²) >= 11 is 0. The minimum atomic E-state index is -0.377. The van der Waals surface area contributed by atoms with E-state index in [1.54, 1.807) is 19.2 Å². The molecule has 1 fully saturated rings. The molecule has 122 valence electrons. The topological polar surface area (TPSA) is 48.0 Å². The third-order valence-electron chi connectivity index (χ3n) is 4.34. The van der Waals surface area contributed by atoms with Crippen molar-refractivity contribution in [3.05, 3.63) is 24.0 Å². The van der Waals surface area contributed by atoms with E-state index in [-0.39, 0.29) is 36.3 Å². The molecule has 1 saturated heterocycles. The highest BCUT2D eigenvalue weighted by Crippen LogP contribution is 2.35. The molecule has 5 nitrogen and oxygen atoms in total. The van der Waals surface area contributed by atoms with Crippen LogP contribution in [-0.4, -0.2) is 46.0 Å². The number of esters is 1. The van der Waals surface area contributed by atoms with Gasteiger partial charge < -0.3 is 19.1 Å². The molecular weight excluding hydrogens is 289 g/mol. The molecule has 2 rings (SSSR count). The average Bonchev–Trinajstić information content (AvgIpc) is 2.83. The number of halogens is 1. The van der Waals surface area contributed by atoms with Gasteiger partial charge in [-0.15, -0.1) is 0 Å². The molecule has 1 heterocycles. The molecule has 0 aromatic heterocycles. The maximum Gasteiger partial charge on any atom is 0.307 e. The van der Waals surface area contributed by atoms with E-state index in [0.29, 0.717) is 18.0 Å². The first-order valence-electron chi connectivity index (χ1n) is 7.21. The summed E-state index contributed by atoms with van der Waals surface area (Å²) in [5, 5.41) is 0. The Morgan fingerprint density at radius 2 is 2.09 bits per heavy atom. The summed E-state index contributed by atoms with van der Waals surface area (Å²) in [5.74, 6) is -0.141. The molecule has 0 N–H and O–H groups in total. The van der Waals surface area contributed by atoms with E-state index >= 15 is 0 Å². The fourth-order valence-corrected chi connectivity index (χ4v) is 2.99. The number of ether oxygens (including phenoxy) is 3. The van der Waals surface area contributed by atoms with Crippen molar-refractivity contribution >= 4 is 11.7 Å². The Hall–Kier alpha value is -1.82. The Morgan fingerprint density at radius 3 is 2.64 bits per heavy atom. The lowest BCUT2D eigenvalue weighted by Gasteiger charge is -2.28. The van der Waals surface area contributed by atoms with Gasteiger partial charge in [0.05, 0.1) is 32.4 Å². The predicted molar refractivity (Wildman–Crippen MR) is 80.7 cm³/mol. The van der Waals surface area contributed by atoms with Crippen LogP contribution in [-0.2, 0) is 14.3 Å². The van der Waals surface area contributed by atoms with Crippen LogP contribution in [0.25, 0.3) is 0 Å². The molecule has 0 spiro atoms. The van der Waals surface area contributed by atoms with E-state index in [4.69, 9.17) is 14.2 Å². The summed E-state index contributed by atoms with van der Waals surface area (Å²) in [6.07, 6.45) is 0.138. The largest absolute Gasteiger partial charge is 0.497 e. The summed E-state index contributed by atoms with van der Waals surface area (Å²) in [7, 11) is 4.48. The van der Waals surface area contributed by atoms with Crippen molar-refractivity contribution in [3.8, 4) is 5.75 Å². The Morgan fingerprint density at radius 1 is 1.36 bits per heavy atom. The summed E-state index contributed by atoms with van der Waals surface area (Å²) in [4.78, 5) is 13.5. The molecule has 1 aliphatic heterocycles. The van der Waals surface area contributed by atoms with Crippen LogP contribution >= 0.6 is 0 Å². The van der Waals surface area contributed by atoms with E-state index in [2.05, 4.69) is 0 Å².